The van der Waals surface area contributed by atoms with E-state index >= 15 is 0 Å². The molecule has 2 nitrogen and oxygen atoms in total. The maximum Gasteiger partial charge on any atom is 0.0343 e. The Morgan fingerprint density at radius 2 is 1.67 bits per heavy atom. The van der Waals surface area contributed by atoms with Crippen LogP contribution < -0.4 is 11.1 Å². The van der Waals surface area contributed by atoms with Gasteiger partial charge in [0.1, 0.15) is 0 Å². The first-order valence-electron chi connectivity index (χ1n) is 5.70. The molecule has 0 saturated carbocycles. The Hall–Kier alpha value is -1.18. The molecular weight excluding hydrogens is 184 g/mol. The van der Waals surface area contributed by atoms with Crippen molar-refractivity contribution in [1.29, 1.82) is 0 Å². The Morgan fingerprint density at radius 3 is 2.20 bits per heavy atom. The largest absolute Gasteiger partial charge is 0.399 e. The summed E-state index contributed by atoms with van der Waals surface area (Å²) in [5.74, 6) is 0.778. The van der Waals surface area contributed by atoms with Crippen LogP contribution in [0.3, 0.4) is 0 Å². The molecule has 0 heterocycles. The van der Waals surface area contributed by atoms with Crippen LogP contribution in [0.25, 0.3) is 0 Å². The third-order valence-electron chi connectivity index (χ3n) is 2.50. The summed E-state index contributed by atoms with van der Waals surface area (Å²) in [6.45, 7) is 6.74. The molecular formula is C13H22N2. The van der Waals surface area contributed by atoms with Gasteiger partial charge >= 0.3 is 0 Å². The Balaban J connectivity index is 2.37. The Morgan fingerprint density at radius 1 is 1.07 bits per heavy atom. The maximum atomic E-state index is 5.63. The van der Waals surface area contributed by atoms with Gasteiger partial charge in [-0.05, 0) is 49.9 Å². The van der Waals surface area contributed by atoms with Gasteiger partial charge in [-0.15, -0.1) is 0 Å². The monoisotopic (exact) mass is 206 g/mol. The summed E-state index contributed by atoms with van der Waals surface area (Å²) in [7, 11) is 0. The number of nitrogens with one attached hydrogen (secondary N) is 1. The van der Waals surface area contributed by atoms with E-state index in [1.165, 1.54) is 12.8 Å². The number of anilines is 2. The van der Waals surface area contributed by atoms with Gasteiger partial charge in [0.25, 0.3) is 0 Å². The molecule has 0 aliphatic rings. The van der Waals surface area contributed by atoms with Crippen molar-refractivity contribution in [3.05, 3.63) is 24.3 Å². The summed E-state index contributed by atoms with van der Waals surface area (Å²) in [6.07, 6.45) is 2.48. The summed E-state index contributed by atoms with van der Waals surface area (Å²) in [5, 5.41) is 3.47. The second kappa shape index (κ2) is 5.64. The van der Waals surface area contributed by atoms with E-state index in [1.807, 2.05) is 24.3 Å². The van der Waals surface area contributed by atoms with Gasteiger partial charge in [-0.3, -0.25) is 0 Å². The van der Waals surface area contributed by atoms with Gasteiger partial charge in [-0.25, -0.2) is 0 Å². The molecule has 0 amide bonds. The molecule has 1 unspecified atom stereocenters. The molecule has 1 rings (SSSR count). The minimum absolute atomic E-state index is 0.524. The van der Waals surface area contributed by atoms with Crippen LogP contribution in [0.1, 0.15) is 33.6 Å². The first kappa shape index (κ1) is 11.9. The molecule has 1 aromatic rings. The highest BCUT2D eigenvalue weighted by atomic mass is 14.9. The van der Waals surface area contributed by atoms with Crippen molar-refractivity contribution in [3.63, 3.8) is 0 Å². The molecule has 0 spiro atoms. The van der Waals surface area contributed by atoms with Gasteiger partial charge < -0.3 is 11.1 Å². The number of nitrogen functional groups attached to an aromatic ring is 1. The SMILES string of the molecule is CC(C)CCC(C)Nc1ccc(N)cc1. The molecule has 0 saturated heterocycles. The quantitative estimate of drug-likeness (QED) is 0.723. The Kier molecular flexibility index (Phi) is 4.47. The van der Waals surface area contributed by atoms with Gasteiger partial charge in [0.05, 0.1) is 0 Å². The molecule has 84 valence electrons. The zero-order chi connectivity index (χ0) is 11.3. The molecule has 1 atom stereocenters. The fourth-order valence-corrected chi connectivity index (χ4v) is 1.52. The van der Waals surface area contributed by atoms with Crippen LogP contribution >= 0.6 is 0 Å². The zero-order valence-electron chi connectivity index (χ0n) is 9.96. The van der Waals surface area contributed by atoms with Crippen LogP contribution in [-0.2, 0) is 0 Å². The minimum Gasteiger partial charge on any atom is -0.399 e. The van der Waals surface area contributed by atoms with Crippen molar-refractivity contribution in [1.82, 2.24) is 0 Å². The van der Waals surface area contributed by atoms with Gasteiger partial charge in [0, 0.05) is 17.4 Å². The van der Waals surface area contributed by atoms with E-state index in [-0.39, 0.29) is 0 Å². The van der Waals surface area contributed by atoms with Gasteiger partial charge in [-0.1, -0.05) is 13.8 Å². The normalized spacial score (nSPS) is 12.8. The minimum atomic E-state index is 0.524. The average Bonchev–Trinajstić information content (AvgIpc) is 2.19. The van der Waals surface area contributed by atoms with E-state index in [4.69, 9.17) is 5.73 Å². The Labute approximate surface area is 92.9 Å². The molecule has 0 fully saturated rings. The van der Waals surface area contributed by atoms with Crippen molar-refractivity contribution in [2.45, 2.75) is 39.7 Å². The van der Waals surface area contributed by atoms with Crippen molar-refractivity contribution in [3.8, 4) is 0 Å². The molecule has 15 heavy (non-hydrogen) atoms. The smallest absolute Gasteiger partial charge is 0.0343 e. The molecule has 0 bridgehead atoms. The zero-order valence-corrected chi connectivity index (χ0v) is 9.96. The molecule has 0 aromatic heterocycles. The van der Waals surface area contributed by atoms with Gasteiger partial charge in [-0.2, -0.15) is 0 Å². The molecule has 1 aromatic carbocycles. The lowest BCUT2D eigenvalue weighted by Gasteiger charge is -2.16. The van der Waals surface area contributed by atoms with Gasteiger partial charge in [0.2, 0.25) is 0 Å². The van der Waals surface area contributed by atoms with Crippen LogP contribution in [0.2, 0.25) is 0 Å². The van der Waals surface area contributed by atoms with Crippen molar-refractivity contribution >= 4 is 11.4 Å². The molecule has 0 radical (unpaired) electrons. The highest BCUT2D eigenvalue weighted by Gasteiger charge is 2.03. The number of hydrogen-bond donors (Lipinski definition) is 2. The summed E-state index contributed by atoms with van der Waals surface area (Å²) in [5.41, 5.74) is 7.60. The first-order valence-corrected chi connectivity index (χ1v) is 5.70. The first-order chi connectivity index (χ1) is 7.08. The highest BCUT2D eigenvalue weighted by Crippen LogP contribution is 2.14. The number of rotatable bonds is 5. The predicted octanol–water partition coefficient (Wildman–Crippen LogP) is 3.51. The lowest BCUT2D eigenvalue weighted by molar-refractivity contribution is 0.528. The fourth-order valence-electron chi connectivity index (χ4n) is 1.52. The average molecular weight is 206 g/mol. The van der Waals surface area contributed by atoms with E-state index < -0.39 is 0 Å². The molecule has 3 N–H and O–H groups in total. The second-order valence-corrected chi connectivity index (χ2v) is 4.64. The van der Waals surface area contributed by atoms with E-state index in [1.54, 1.807) is 0 Å². The van der Waals surface area contributed by atoms with Crippen LogP contribution in [0.5, 0.6) is 0 Å². The van der Waals surface area contributed by atoms with E-state index in [0.29, 0.717) is 6.04 Å². The number of benzene rings is 1. The van der Waals surface area contributed by atoms with E-state index in [2.05, 4.69) is 26.1 Å². The standard InChI is InChI=1S/C13H22N2/c1-10(2)4-5-11(3)15-13-8-6-12(14)7-9-13/h6-11,15H,4-5,14H2,1-3H3. The van der Waals surface area contributed by atoms with Gasteiger partial charge in [0.15, 0.2) is 0 Å². The summed E-state index contributed by atoms with van der Waals surface area (Å²) in [6, 6.07) is 8.44. The van der Waals surface area contributed by atoms with Crippen LogP contribution in [-0.4, -0.2) is 6.04 Å². The summed E-state index contributed by atoms with van der Waals surface area (Å²) in [4.78, 5) is 0. The van der Waals surface area contributed by atoms with Crippen LogP contribution in [0, 0.1) is 5.92 Å². The van der Waals surface area contributed by atoms with Crippen molar-refractivity contribution < 1.29 is 0 Å². The fraction of sp³-hybridized carbons (Fsp3) is 0.538. The van der Waals surface area contributed by atoms with E-state index in [9.17, 15) is 0 Å². The van der Waals surface area contributed by atoms with E-state index in [0.717, 1.165) is 17.3 Å². The third kappa shape index (κ3) is 4.73. The number of nitrogens with two attached hydrogens (primary N) is 1. The lowest BCUT2D eigenvalue weighted by atomic mass is 10.0. The van der Waals surface area contributed by atoms with Crippen LogP contribution in [0.4, 0.5) is 11.4 Å². The van der Waals surface area contributed by atoms with Crippen molar-refractivity contribution in [2.24, 2.45) is 5.92 Å². The highest BCUT2D eigenvalue weighted by molar-refractivity contribution is 5.51. The number of hydrogen-bond acceptors (Lipinski definition) is 2. The molecule has 0 aliphatic carbocycles. The Bertz CT molecular complexity index is 277. The lowest BCUT2D eigenvalue weighted by Crippen LogP contribution is -2.15. The van der Waals surface area contributed by atoms with Crippen LogP contribution in [0.15, 0.2) is 24.3 Å². The summed E-state index contributed by atoms with van der Waals surface area (Å²) < 4.78 is 0. The van der Waals surface area contributed by atoms with Crippen molar-refractivity contribution in [2.75, 3.05) is 11.1 Å². The maximum absolute atomic E-state index is 5.63. The molecule has 2 heteroatoms. The predicted molar refractivity (Wildman–Crippen MR) is 68.0 cm³/mol. The second-order valence-electron chi connectivity index (χ2n) is 4.64. The third-order valence-corrected chi connectivity index (χ3v) is 2.50. The molecule has 0 aliphatic heterocycles. The summed E-state index contributed by atoms with van der Waals surface area (Å²) >= 11 is 0. The topological polar surface area (TPSA) is 38.0 Å².